The number of thiocarbonyl (C=S) groups is 1. The van der Waals surface area contributed by atoms with E-state index in [9.17, 15) is 4.79 Å². The van der Waals surface area contributed by atoms with Crippen molar-refractivity contribution in [3.63, 3.8) is 0 Å². The summed E-state index contributed by atoms with van der Waals surface area (Å²) in [6.45, 7) is 4.08. The zero-order chi connectivity index (χ0) is 16.7. The molecular formula is C18H23N3OS. The van der Waals surface area contributed by atoms with Gasteiger partial charge in [0, 0.05) is 25.8 Å². The van der Waals surface area contributed by atoms with Gasteiger partial charge in [-0.15, -0.1) is 0 Å². The quantitative estimate of drug-likeness (QED) is 0.865. The second-order valence-electron chi connectivity index (χ2n) is 6.60. The number of hydrogen-bond acceptors (Lipinski definition) is 2. The first-order chi connectivity index (χ1) is 10.9. The third-order valence-corrected chi connectivity index (χ3v) is 4.77. The molecule has 1 aliphatic heterocycles. The highest BCUT2D eigenvalue weighted by Crippen LogP contribution is 2.38. The van der Waals surface area contributed by atoms with Gasteiger partial charge in [0.05, 0.1) is 11.6 Å². The molecule has 0 spiro atoms. The molecule has 0 aromatic heterocycles. The monoisotopic (exact) mass is 329 g/mol. The maximum atomic E-state index is 12.8. The Kier molecular flexibility index (Phi) is 4.15. The van der Waals surface area contributed by atoms with Crippen molar-refractivity contribution in [1.82, 2.24) is 15.1 Å². The molecule has 1 heterocycles. The maximum Gasteiger partial charge on any atom is 0.253 e. The zero-order valence-electron chi connectivity index (χ0n) is 14.1. The number of nitrogens with one attached hydrogen (secondary N) is 1. The van der Waals surface area contributed by atoms with Gasteiger partial charge in [-0.3, -0.25) is 4.79 Å². The van der Waals surface area contributed by atoms with Crippen LogP contribution in [0.4, 0.5) is 0 Å². The largest absolute Gasteiger partial charge is 0.351 e. The molecule has 0 saturated heterocycles. The van der Waals surface area contributed by atoms with Crippen LogP contribution in [0.15, 0.2) is 35.5 Å². The fourth-order valence-electron chi connectivity index (χ4n) is 3.15. The summed E-state index contributed by atoms with van der Waals surface area (Å²) in [5, 5.41) is 4.13. The Hall–Kier alpha value is -1.88. The molecule has 23 heavy (non-hydrogen) atoms. The van der Waals surface area contributed by atoms with Crippen molar-refractivity contribution in [3.05, 3.63) is 46.7 Å². The predicted octanol–water partition coefficient (Wildman–Crippen LogP) is 2.75. The molecular weight excluding hydrogens is 306 g/mol. The number of carbonyl (C=O) groups is 1. The summed E-state index contributed by atoms with van der Waals surface area (Å²) in [6, 6.07) is 8.51. The normalized spacial score (nSPS) is 21.3. The highest BCUT2D eigenvalue weighted by atomic mass is 32.1. The average Bonchev–Trinajstić information content (AvgIpc) is 3.30. The molecule has 3 rings (SSSR count). The van der Waals surface area contributed by atoms with Crippen LogP contribution in [0.3, 0.4) is 0 Å². The smallest absolute Gasteiger partial charge is 0.253 e. The zero-order valence-corrected chi connectivity index (χ0v) is 14.9. The number of nitrogens with zero attached hydrogens (tertiary/aromatic N) is 2. The lowest BCUT2D eigenvalue weighted by atomic mass is 9.93. The molecule has 122 valence electrons. The molecule has 1 saturated carbocycles. The Balaban J connectivity index is 2.10. The van der Waals surface area contributed by atoms with E-state index in [1.165, 1.54) is 5.56 Å². The number of amides is 1. The van der Waals surface area contributed by atoms with Crippen LogP contribution in [0.2, 0.25) is 0 Å². The van der Waals surface area contributed by atoms with Gasteiger partial charge in [0.15, 0.2) is 5.11 Å². The Labute approximate surface area is 143 Å². The molecule has 4 nitrogen and oxygen atoms in total. The molecule has 1 N–H and O–H groups in total. The van der Waals surface area contributed by atoms with Crippen LogP contribution in [-0.4, -0.2) is 41.0 Å². The van der Waals surface area contributed by atoms with Crippen molar-refractivity contribution in [2.24, 2.45) is 0 Å². The summed E-state index contributed by atoms with van der Waals surface area (Å²) in [7, 11) is 3.59. The van der Waals surface area contributed by atoms with E-state index in [2.05, 4.69) is 35.3 Å². The van der Waals surface area contributed by atoms with Gasteiger partial charge in [0.1, 0.15) is 0 Å². The van der Waals surface area contributed by atoms with Gasteiger partial charge in [-0.2, -0.15) is 0 Å². The van der Waals surface area contributed by atoms with Crippen molar-refractivity contribution in [2.45, 2.75) is 38.8 Å². The molecule has 0 radical (unpaired) electrons. The van der Waals surface area contributed by atoms with Gasteiger partial charge in [-0.05, 0) is 44.5 Å². The Morgan fingerprint density at radius 2 is 2.00 bits per heavy atom. The van der Waals surface area contributed by atoms with Crippen LogP contribution in [0.1, 0.15) is 36.9 Å². The minimum Gasteiger partial charge on any atom is -0.351 e. The topological polar surface area (TPSA) is 35.6 Å². The van der Waals surface area contributed by atoms with Crippen LogP contribution in [0, 0.1) is 6.92 Å². The van der Waals surface area contributed by atoms with Crippen molar-refractivity contribution in [1.29, 1.82) is 0 Å². The second kappa shape index (κ2) is 5.96. The first kappa shape index (κ1) is 16.0. The molecule has 1 atom stereocenters. The number of hydrogen-bond donors (Lipinski definition) is 1. The van der Waals surface area contributed by atoms with E-state index in [1.54, 1.807) is 19.0 Å². The number of benzene rings is 1. The first-order valence-corrected chi connectivity index (χ1v) is 8.39. The third kappa shape index (κ3) is 2.98. The van der Waals surface area contributed by atoms with E-state index in [0.29, 0.717) is 6.04 Å². The number of likely N-dealkylation sites (N-methyl/N-ethyl adjacent to an activating group) is 1. The molecule has 1 amide bonds. The van der Waals surface area contributed by atoms with E-state index >= 15 is 0 Å². The molecule has 0 unspecified atom stereocenters. The summed E-state index contributed by atoms with van der Waals surface area (Å²) in [6.07, 6.45) is 2.27. The van der Waals surface area contributed by atoms with E-state index in [4.69, 9.17) is 12.2 Å². The van der Waals surface area contributed by atoms with E-state index < -0.39 is 0 Å². The number of aryl methyl sites for hydroxylation is 1. The Bertz CT molecular complexity index is 691. The van der Waals surface area contributed by atoms with Crippen molar-refractivity contribution in [3.8, 4) is 0 Å². The van der Waals surface area contributed by atoms with Crippen LogP contribution >= 0.6 is 12.2 Å². The summed E-state index contributed by atoms with van der Waals surface area (Å²) in [5.41, 5.74) is 4.03. The van der Waals surface area contributed by atoms with Crippen LogP contribution < -0.4 is 5.32 Å². The predicted molar refractivity (Wildman–Crippen MR) is 95.9 cm³/mol. The van der Waals surface area contributed by atoms with Gasteiger partial charge < -0.3 is 15.1 Å². The molecule has 1 aromatic carbocycles. The van der Waals surface area contributed by atoms with Crippen molar-refractivity contribution < 1.29 is 4.79 Å². The molecule has 2 aliphatic rings. The number of rotatable bonds is 3. The first-order valence-electron chi connectivity index (χ1n) is 7.99. The lowest BCUT2D eigenvalue weighted by Crippen LogP contribution is -2.49. The van der Waals surface area contributed by atoms with Crippen molar-refractivity contribution >= 4 is 23.2 Å². The Morgan fingerprint density at radius 1 is 1.30 bits per heavy atom. The van der Waals surface area contributed by atoms with E-state index in [1.807, 2.05) is 13.0 Å². The van der Waals surface area contributed by atoms with Gasteiger partial charge >= 0.3 is 0 Å². The second-order valence-corrected chi connectivity index (χ2v) is 6.98. The fraction of sp³-hybridized carbons (Fsp3) is 0.444. The van der Waals surface area contributed by atoms with E-state index in [-0.39, 0.29) is 11.9 Å². The summed E-state index contributed by atoms with van der Waals surface area (Å²) in [5.74, 6) is 0.0367. The molecule has 1 aromatic rings. The van der Waals surface area contributed by atoms with Gasteiger partial charge in [-0.1, -0.05) is 29.8 Å². The highest BCUT2D eigenvalue weighted by molar-refractivity contribution is 7.80. The van der Waals surface area contributed by atoms with Crippen LogP contribution in [0.25, 0.3) is 0 Å². The van der Waals surface area contributed by atoms with Crippen LogP contribution in [0.5, 0.6) is 0 Å². The fourth-order valence-corrected chi connectivity index (χ4v) is 3.55. The molecule has 0 bridgehead atoms. The van der Waals surface area contributed by atoms with Gasteiger partial charge in [0.2, 0.25) is 0 Å². The SMILES string of the molecule is CC1=C(C(=O)N(C)C)[C@@H](c2cccc(C)c2)NC(=S)N1C1CC1. The molecule has 5 heteroatoms. The minimum absolute atomic E-state index is 0.0367. The van der Waals surface area contributed by atoms with Gasteiger partial charge in [-0.25, -0.2) is 0 Å². The number of carbonyl (C=O) groups excluding carboxylic acids is 1. The third-order valence-electron chi connectivity index (χ3n) is 4.45. The molecule has 1 fully saturated rings. The summed E-state index contributed by atoms with van der Waals surface area (Å²) >= 11 is 5.59. The standard InChI is InChI=1S/C18H23N3OS/c1-11-6-5-7-13(10-11)16-15(17(22)20(3)4)12(2)21(14-8-9-14)18(23)19-16/h5-7,10,14,16H,8-9H2,1-4H3,(H,19,23)/t16-/m1/s1. The highest BCUT2D eigenvalue weighted by Gasteiger charge is 2.40. The van der Waals surface area contributed by atoms with Gasteiger partial charge in [0.25, 0.3) is 5.91 Å². The maximum absolute atomic E-state index is 12.8. The average molecular weight is 329 g/mol. The van der Waals surface area contributed by atoms with Crippen molar-refractivity contribution in [2.75, 3.05) is 14.1 Å². The van der Waals surface area contributed by atoms with Crippen LogP contribution in [-0.2, 0) is 4.79 Å². The summed E-state index contributed by atoms with van der Waals surface area (Å²) in [4.78, 5) is 16.6. The van der Waals surface area contributed by atoms with E-state index in [0.717, 1.165) is 34.8 Å². The Morgan fingerprint density at radius 3 is 2.57 bits per heavy atom. The summed E-state index contributed by atoms with van der Waals surface area (Å²) < 4.78 is 0. The lowest BCUT2D eigenvalue weighted by molar-refractivity contribution is -0.125. The minimum atomic E-state index is -0.188. The molecule has 1 aliphatic carbocycles. The number of allylic oxidation sites excluding steroid dienone is 1. The lowest BCUT2D eigenvalue weighted by Gasteiger charge is -2.38.